The van der Waals surface area contributed by atoms with E-state index in [0.717, 1.165) is 18.3 Å². The fourth-order valence-corrected chi connectivity index (χ4v) is 3.83. The highest BCUT2D eigenvalue weighted by atomic mass is 16.7. The predicted octanol–water partition coefficient (Wildman–Crippen LogP) is 5.63. The van der Waals surface area contributed by atoms with Gasteiger partial charge in [-0.1, -0.05) is 26.8 Å². The number of carbonyl (C=O) groups is 2. The summed E-state index contributed by atoms with van der Waals surface area (Å²) in [5, 5.41) is 2.94. The van der Waals surface area contributed by atoms with Gasteiger partial charge in [-0.3, -0.25) is 4.79 Å². The fourth-order valence-electron chi connectivity index (χ4n) is 3.83. The van der Waals surface area contributed by atoms with Gasteiger partial charge in [0.2, 0.25) is 0 Å². The molecule has 2 aromatic rings. The molecule has 0 bridgehead atoms. The molecule has 212 valence electrons. The summed E-state index contributed by atoms with van der Waals surface area (Å²) in [6.07, 6.45) is 1.47. The van der Waals surface area contributed by atoms with Gasteiger partial charge in [0, 0.05) is 0 Å². The Labute approximate surface area is 232 Å². The minimum atomic E-state index is -0.582. The van der Waals surface area contributed by atoms with E-state index in [2.05, 4.69) is 19.2 Å². The molecule has 0 aromatic heterocycles. The molecule has 1 unspecified atom stereocenters. The van der Waals surface area contributed by atoms with E-state index in [1.807, 2.05) is 53.7 Å². The SMILES string of the molecule is CCC(C)Oc1cc(C(=O)OC)ccc1NC(=O)c1ccc(B2OC(C)(C)C(C)(C)O2)cc1OCCC(C)C. The fraction of sp³-hybridized carbons (Fsp3) is 0.533. The number of carbonyl (C=O) groups excluding carboxylic acids is 2. The van der Waals surface area contributed by atoms with E-state index in [9.17, 15) is 9.59 Å². The Morgan fingerprint density at radius 1 is 0.974 bits per heavy atom. The highest BCUT2D eigenvalue weighted by molar-refractivity contribution is 6.62. The molecule has 39 heavy (non-hydrogen) atoms. The first-order valence-corrected chi connectivity index (χ1v) is 13.6. The summed E-state index contributed by atoms with van der Waals surface area (Å²) < 4.78 is 29.4. The number of rotatable bonds is 11. The van der Waals surface area contributed by atoms with Crippen LogP contribution in [0.5, 0.6) is 11.5 Å². The lowest BCUT2D eigenvalue weighted by molar-refractivity contribution is 0.00578. The van der Waals surface area contributed by atoms with Crippen LogP contribution < -0.4 is 20.3 Å². The van der Waals surface area contributed by atoms with Crippen molar-refractivity contribution in [3.8, 4) is 11.5 Å². The van der Waals surface area contributed by atoms with E-state index in [1.54, 1.807) is 24.3 Å². The minimum Gasteiger partial charge on any atom is -0.493 e. The zero-order chi connectivity index (χ0) is 29.0. The number of esters is 1. The van der Waals surface area contributed by atoms with Crippen molar-refractivity contribution in [3.63, 3.8) is 0 Å². The van der Waals surface area contributed by atoms with Crippen LogP contribution in [-0.2, 0) is 14.0 Å². The Bertz CT molecular complexity index is 1160. The van der Waals surface area contributed by atoms with Crippen molar-refractivity contribution in [2.75, 3.05) is 19.0 Å². The van der Waals surface area contributed by atoms with Crippen molar-refractivity contribution in [1.82, 2.24) is 0 Å². The second-order valence-electron chi connectivity index (χ2n) is 11.4. The van der Waals surface area contributed by atoms with Crippen molar-refractivity contribution in [2.24, 2.45) is 5.92 Å². The van der Waals surface area contributed by atoms with Crippen molar-refractivity contribution in [2.45, 2.75) is 85.5 Å². The van der Waals surface area contributed by atoms with Gasteiger partial charge >= 0.3 is 13.1 Å². The normalized spacial score (nSPS) is 16.6. The van der Waals surface area contributed by atoms with Gasteiger partial charge in [-0.2, -0.15) is 0 Å². The van der Waals surface area contributed by atoms with E-state index >= 15 is 0 Å². The topological polar surface area (TPSA) is 92.3 Å². The molecule has 0 aliphatic carbocycles. The van der Waals surface area contributed by atoms with Crippen LogP contribution in [0.1, 0.15) is 88.9 Å². The highest BCUT2D eigenvalue weighted by Gasteiger charge is 2.51. The molecule has 1 amide bonds. The van der Waals surface area contributed by atoms with Gasteiger partial charge in [0.15, 0.2) is 0 Å². The maximum Gasteiger partial charge on any atom is 0.494 e. The number of ether oxygens (including phenoxy) is 3. The van der Waals surface area contributed by atoms with Gasteiger partial charge < -0.3 is 28.8 Å². The number of anilines is 1. The maximum atomic E-state index is 13.6. The monoisotopic (exact) mass is 539 g/mol. The molecule has 8 nitrogen and oxygen atoms in total. The first-order chi connectivity index (χ1) is 18.3. The Morgan fingerprint density at radius 2 is 1.64 bits per heavy atom. The quantitative estimate of drug-likeness (QED) is 0.292. The molecule has 1 fully saturated rings. The zero-order valence-corrected chi connectivity index (χ0v) is 24.7. The molecule has 1 aliphatic rings. The molecule has 0 saturated carbocycles. The molecule has 1 N–H and O–H groups in total. The third-order valence-corrected chi connectivity index (χ3v) is 7.28. The molecule has 1 atom stereocenters. The predicted molar refractivity (Wildman–Crippen MR) is 153 cm³/mol. The lowest BCUT2D eigenvalue weighted by Crippen LogP contribution is -2.41. The molecule has 1 aliphatic heterocycles. The Kier molecular flexibility index (Phi) is 9.72. The molecule has 0 radical (unpaired) electrons. The molecule has 2 aromatic carbocycles. The van der Waals surface area contributed by atoms with E-state index in [1.165, 1.54) is 7.11 Å². The van der Waals surface area contributed by atoms with Crippen LogP contribution in [-0.4, -0.2) is 50.0 Å². The van der Waals surface area contributed by atoms with Crippen molar-refractivity contribution >= 4 is 30.1 Å². The summed E-state index contributed by atoms with van der Waals surface area (Å²) in [6, 6.07) is 10.2. The van der Waals surface area contributed by atoms with Crippen LogP contribution in [0.15, 0.2) is 36.4 Å². The van der Waals surface area contributed by atoms with E-state index < -0.39 is 24.3 Å². The summed E-state index contributed by atoms with van der Waals surface area (Å²) in [5.41, 5.74) is 0.928. The number of nitrogens with one attached hydrogen (secondary N) is 1. The van der Waals surface area contributed by atoms with Gasteiger partial charge in [-0.25, -0.2) is 4.79 Å². The van der Waals surface area contributed by atoms with Gasteiger partial charge in [0.05, 0.1) is 47.8 Å². The lowest BCUT2D eigenvalue weighted by Gasteiger charge is -2.32. The van der Waals surface area contributed by atoms with E-state index in [0.29, 0.717) is 40.8 Å². The van der Waals surface area contributed by atoms with Crippen molar-refractivity contribution < 1.29 is 33.1 Å². The number of benzene rings is 2. The van der Waals surface area contributed by atoms with Crippen LogP contribution >= 0.6 is 0 Å². The van der Waals surface area contributed by atoms with Crippen molar-refractivity contribution in [3.05, 3.63) is 47.5 Å². The van der Waals surface area contributed by atoms with Crippen LogP contribution in [0.2, 0.25) is 0 Å². The second kappa shape index (κ2) is 12.4. The van der Waals surface area contributed by atoms with Gasteiger partial charge in [-0.15, -0.1) is 0 Å². The highest BCUT2D eigenvalue weighted by Crippen LogP contribution is 2.37. The number of amides is 1. The van der Waals surface area contributed by atoms with Crippen LogP contribution in [0, 0.1) is 5.92 Å². The molecular formula is C30H42BNO7. The Morgan fingerprint density at radius 3 is 2.23 bits per heavy atom. The van der Waals surface area contributed by atoms with Gasteiger partial charge in [0.25, 0.3) is 5.91 Å². The summed E-state index contributed by atoms with van der Waals surface area (Å²) in [5.74, 6) is 0.422. The average molecular weight is 539 g/mol. The smallest absolute Gasteiger partial charge is 0.493 e. The molecule has 0 spiro atoms. The third kappa shape index (κ3) is 7.34. The van der Waals surface area contributed by atoms with Crippen LogP contribution in [0.25, 0.3) is 0 Å². The van der Waals surface area contributed by atoms with Crippen LogP contribution in [0.3, 0.4) is 0 Å². The molecule has 9 heteroatoms. The number of hydrogen-bond donors (Lipinski definition) is 1. The van der Waals surface area contributed by atoms with Crippen LogP contribution in [0.4, 0.5) is 5.69 Å². The number of methoxy groups -OCH3 is 1. The zero-order valence-electron chi connectivity index (χ0n) is 24.7. The van der Waals surface area contributed by atoms with E-state index in [4.69, 9.17) is 23.5 Å². The Hall–Kier alpha value is -3.04. The Balaban J connectivity index is 1.93. The molecule has 1 saturated heterocycles. The summed E-state index contributed by atoms with van der Waals surface area (Å²) in [4.78, 5) is 25.6. The van der Waals surface area contributed by atoms with E-state index in [-0.39, 0.29) is 12.0 Å². The summed E-state index contributed by atoms with van der Waals surface area (Å²) in [6.45, 7) is 16.6. The average Bonchev–Trinajstić information content (AvgIpc) is 3.10. The van der Waals surface area contributed by atoms with Gasteiger partial charge in [0.1, 0.15) is 11.5 Å². The number of hydrogen-bond acceptors (Lipinski definition) is 7. The standard InChI is InChI=1S/C30H42BNO7/c1-10-20(4)37-26-17-21(28(34)35-9)11-14-24(26)32-27(33)23-13-12-22(18-25(23)36-16-15-19(2)3)31-38-29(5,6)30(7,8)39-31/h11-14,17-20H,10,15-16H2,1-9H3,(H,32,33). The second-order valence-corrected chi connectivity index (χ2v) is 11.4. The van der Waals surface area contributed by atoms with Gasteiger partial charge in [-0.05, 0) is 89.2 Å². The largest absolute Gasteiger partial charge is 0.494 e. The molecule has 3 rings (SSSR count). The molecular weight excluding hydrogens is 497 g/mol. The lowest BCUT2D eigenvalue weighted by atomic mass is 9.78. The minimum absolute atomic E-state index is 0.123. The summed E-state index contributed by atoms with van der Waals surface area (Å²) >= 11 is 0. The van der Waals surface area contributed by atoms with Crippen molar-refractivity contribution in [1.29, 1.82) is 0 Å². The molecule has 1 heterocycles. The first kappa shape index (κ1) is 30.5. The first-order valence-electron chi connectivity index (χ1n) is 13.6. The summed E-state index contributed by atoms with van der Waals surface area (Å²) in [7, 11) is 0.738. The third-order valence-electron chi connectivity index (χ3n) is 7.28. The maximum absolute atomic E-state index is 13.6.